The molecule has 1 aromatic carbocycles. The van der Waals surface area contributed by atoms with Crippen molar-refractivity contribution in [2.24, 2.45) is 11.7 Å². The fourth-order valence-corrected chi connectivity index (χ4v) is 3.67. The van der Waals surface area contributed by atoms with Gasteiger partial charge in [-0.25, -0.2) is 0 Å². The monoisotopic (exact) mass is 342 g/mol. The molecule has 1 unspecified atom stereocenters. The van der Waals surface area contributed by atoms with E-state index in [9.17, 15) is 4.79 Å². The number of hydrogen-bond acceptors (Lipinski definition) is 2. The lowest BCUT2D eigenvalue weighted by atomic mass is 9.78. The van der Waals surface area contributed by atoms with E-state index in [1.54, 1.807) is 0 Å². The molecule has 122 valence electrons. The van der Waals surface area contributed by atoms with Gasteiger partial charge in [0.1, 0.15) is 0 Å². The Kier molecular flexibility index (Phi) is 5.76. The number of carbonyl (C=O) groups excluding carboxylic acids is 1. The number of nitrogens with two attached hydrogens (primary N) is 1. The lowest BCUT2D eigenvalue weighted by Crippen LogP contribution is -2.47. The molecule has 2 aliphatic carbocycles. The van der Waals surface area contributed by atoms with E-state index >= 15 is 0 Å². The van der Waals surface area contributed by atoms with Crippen LogP contribution in [0.3, 0.4) is 0 Å². The zero-order chi connectivity index (χ0) is 14.9. The first-order valence-corrected chi connectivity index (χ1v) is 8.29. The van der Waals surface area contributed by atoms with E-state index in [4.69, 9.17) is 17.3 Å². The average Bonchev–Trinajstić information content (AvgIpc) is 3.21. The highest BCUT2D eigenvalue weighted by atomic mass is 35.5. The maximum Gasteiger partial charge on any atom is 0.230 e. The molecule has 0 bridgehead atoms. The van der Waals surface area contributed by atoms with Gasteiger partial charge in [-0.1, -0.05) is 36.6 Å². The maximum atomic E-state index is 12.8. The van der Waals surface area contributed by atoms with E-state index in [0.29, 0.717) is 17.5 Å². The summed E-state index contributed by atoms with van der Waals surface area (Å²) in [7, 11) is 0. The Balaban J connectivity index is 0.00000176. The van der Waals surface area contributed by atoms with Crippen LogP contribution in [-0.2, 0) is 10.2 Å². The van der Waals surface area contributed by atoms with Gasteiger partial charge >= 0.3 is 0 Å². The first-order valence-electron chi connectivity index (χ1n) is 7.92. The number of nitrogens with one attached hydrogen (secondary N) is 1. The molecule has 5 heteroatoms. The molecular formula is C17H24Cl2N2O. The number of carbonyl (C=O) groups is 1. The van der Waals surface area contributed by atoms with Crippen LogP contribution in [0.15, 0.2) is 24.3 Å². The Labute approximate surface area is 143 Å². The van der Waals surface area contributed by atoms with Crippen LogP contribution in [0.5, 0.6) is 0 Å². The molecule has 0 aromatic heterocycles. The van der Waals surface area contributed by atoms with Crippen LogP contribution in [0.25, 0.3) is 0 Å². The van der Waals surface area contributed by atoms with E-state index in [0.717, 1.165) is 31.2 Å². The molecule has 2 aliphatic rings. The van der Waals surface area contributed by atoms with Gasteiger partial charge in [0, 0.05) is 17.6 Å². The Morgan fingerprint density at radius 3 is 2.64 bits per heavy atom. The fraction of sp³-hybridized carbons (Fsp3) is 0.588. The number of amides is 1. The first kappa shape index (κ1) is 17.6. The summed E-state index contributed by atoms with van der Waals surface area (Å²) in [5.74, 6) is 0.731. The van der Waals surface area contributed by atoms with Gasteiger partial charge in [0.2, 0.25) is 5.91 Å². The molecule has 3 rings (SSSR count). The van der Waals surface area contributed by atoms with Gasteiger partial charge in [-0.05, 0) is 49.3 Å². The van der Waals surface area contributed by atoms with Gasteiger partial charge in [0.05, 0.1) is 5.41 Å². The highest BCUT2D eigenvalue weighted by molar-refractivity contribution is 6.30. The molecule has 0 heterocycles. The molecule has 0 saturated heterocycles. The van der Waals surface area contributed by atoms with Gasteiger partial charge in [-0.2, -0.15) is 0 Å². The van der Waals surface area contributed by atoms with Gasteiger partial charge in [-0.15, -0.1) is 12.4 Å². The lowest BCUT2D eigenvalue weighted by molar-refractivity contribution is -0.126. The summed E-state index contributed by atoms with van der Waals surface area (Å²) < 4.78 is 0. The zero-order valence-electron chi connectivity index (χ0n) is 12.7. The van der Waals surface area contributed by atoms with Gasteiger partial charge in [0.15, 0.2) is 0 Å². The van der Waals surface area contributed by atoms with Crippen molar-refractivity contribution in [1.82, 2.24) is 5.32 Å². The third-order valence-electron chi connectivity index (χ3n) is 4.99. The summed E-state index contributed by atoms with van der Waals surface area (Å²) in [5.41, 5.74) is 6.73. The zero-order valence-corrected chi connectivity index (χ0v) is 14.3. The number of benzene rings is 1. The van der Waals surface area contributed by atoms with E-state index in [1.165, 1.54) is 12.8 Å². The molecule has 0 aliphatic heterocycles. The van der Waals surface area contributed by atoms with Crippen molar-refractivity contribution in [2.45, 2.75) is 50.0 Å². The van der Waals surface area contributed by atoms with Crippen LogP contribution in [0, 0.1) is 5.92 Å². The number of hydrogen-bond donors (Lipinski definition) is 2. The van der Waals surface area contributed by atoms with Crippen LogP contribution in [-0.4, -0.2) is 18.5 Å². The SMILES string of the molecule is Cl.NC(CNC(=O)C1(c2cccc(Cl)c2)CCCC1)C1CC1. The second-order valence-corrected chi connectivity index (χ2v) is 6.95. The Hall–Kier alpha value is -0.770. The van der Waals surface area contributed by atoms with Crippen LogP contribution < -0.4 is 11.1 Å². The molecule has 3 nitrogen and oxygen atoms in total. The fourth-order valence-electron chi connectivity index (χ4n) is 3.48. The molecule has 22 heavy (non-hydrogen) atoms. The van der Waals surface area contributed by atoms with E-state index in [-0.39, 0.29) is 24.4 Å². The molecule has 0 radical (unpaired) electrons. The van der Waals surface area contributed by atoms with Crippen molar-refractivity contribution < 1.29 is 4.79 Å². The lowest BCUT2D eigenvalue weighted by Gasteiger charge is -2.29. The molecule has 2 fully saturated rings. The Morgan fingerprint density at radius 2 is 2.05 bits per heavy atom. The molecular weight excluding hydrogens is 319 g/mol. The quantitative estimate of drug-likeness (QED) is 0.861. The van der Waals surface area contributed by atoms with Gasteiger partial charge < -0.3 is 11.1 Å². The topological polar surface area (TPSA) is 55.1 Å². The van der Waals surface area contributed by atoms with Gasteiger partial charge in [-0.3, -0.25) is 4.79 Å². The first-order chi connectivity index (χ1) is 10.1. The smallest absolute Gasteiger partial charge is 0.230 e. The summed E-state index contributed by atoms with van der Waals surface area (Å²) >= 11 is 6.12. The third kappa shape index (κ3) is 3.58. The van der Waals surface area contributed by atoms with Crippen molar-refractivity contribution in [3.63, 3.8) is 0 Å². The second-order valence-electron chi connectivity index (χ2n) is 6.51. The van der Waals surface area contributed by atoms with Crippen molar-refractivity contribution in [3.8, 4) is 0 Å². The normalized spacial score (nSPS) is 21.0. The maximum absolute atomic E-state index is 12.8. The van der Waals surface area contributed by atoms with Crippen LogP contribution in [0.4, 0.5) is 0 Å². The minimum absolute atomic E-state index is 0. The summed E-state index contributed by atoms with van der Waals surface area (Å²) in [6, 6.07) is 7.85. The number of rotatable bonds is 5. The summed E-state index contributed by atoms with van der Waals surface area (Å²) in [6.07, 6.45) is 6.39. The molecule has 0 spiro atoms. The molecule has 2 saturated carbocycles. The predicted molar refractivity (Wildman–Crippen MR) is 92.6 cm³/mol. The molecule has 1 atom stereocenters. The third-order valence-corrected chi connectivity index (χ3v) is 5.23. The summed E-state index contributed by atoms with van der Waals surface area (Å²) in [6.45, 7) is 0.589. The van der Waals surface area contributed by atoms with Crippen molar-refractivity contribution in [3.05, 3.63) is 34.9 Å². The second kappa shape index (κ2) is 7.20. The largest absolute Gasteiger partial charge is 0.354 e. The number of halogens is 2. The van der Waals surface area contributed by atoms with E-state index in [1.807, 2.05) is 24.3 Å². The minimum atomic E-state index is -0.409. The highest BCUT2D eigenvalue weighted by Crippen LogP contribution is 2.42. The van der Waals surface area contributed by atoms with Crippen molar-refractivity contribution in [2.75, 3.05) is 6.54 Å². The van der Waals surface area contributed by atoms with Crippen molar-refractivity contribution in [1.29, 1.82) is 0 Å². The summed E-state index contributed by atoms with van der Waals surface area (Å²) in [5, 5.41) is 3.79. The Morgan fingerprint density at radius 1 is 1.36 bits per heavy atom. The van der Waals surface area contributed by atoms with Crippen LogP contribution >= 0.6 is 24.0 Å². The van der Waals surface area contributed by atoms with Gasteiger partial charge in [0.25, 0.3) is 0 Å². The van der Waals surface area contributed by atoms with E-state index in [2.05, 4.69) is 5.32 Å². The minimum Gasteiger partial charge on any atom is -0.354 e. The van der Waals surface area contributed by atoms with E-state index < -0.39 is 5.41 Å². The molecule has 3 N–H and O–H groups in total. The average molecular weight is 343 g/mol. The molecule has 1 amide bonds. The Bertz CT molecular complexity index is 525. The predicted octanol–water partition coefficient (Wildman–Crippen LogP) is 3.43. The molecule has 1 aromatic rings. The standard InChI is InChI=1S/C17H23ClN2O.ClH/c18-14-5-3-4-13(10-14)17(8-1-2-9-17)16(21)20-11-15(19)12-6-7-12;/h3-5,10,12,15H,1-2,6-9,11,19H2,(H,20,21);1H. The van der Waals surface area contributed by atoms with Crippen molar-refractivity contribution >= 4 is 29.9 Å². The summed E-state index contributed by atoms with van der Waals surface area (Å²) in [4.78, 5) is 12.8. The highest BCUT2D eigenvalue weighted by Gasteiger charge is 2.43. The van der Waals surface area contributed by atoms with Crippen LogP contribution in [0.1, 0.15) is 44.1 Å². The van der Waals surface area contributed by atoms with Crippen LogP contribution in [0.2, 0.25) is 5.02 Å².